The molecule has 2 rings (SSSR count). The van der Waals surface area contributed by atoms with Crippen molar-refractivity contribution in [2.24, 2.45) is 5.92 Å². The minimum absolute atomic E-state index is 0.129. The average Bonchev–Trinajstić information content (AvgIpc) is 2.81. The van der Waals surface area contributed by atoms with Gasteiger partial charge in [-0.1, -0.05) is 15.9 Å². The molecule has 1 heterocycles. The van der Waals surface area contributed by atoms with Gasteiger partial charge in [-0.2, -0.15) is 0 Å². The second-order valence-electron chi connectivity index (χ2n) is 4.83. The Kier molecular flexibility index (Phi) is 4.40. The highest BCUT2D eigenvalue weighted by atomic mass is 79.9. The molecule has 0 spiro atoms. The molecule has 0 bridgehead atoms. The van der Waals surface area contributed by atoms with Crippen LogP contribution in [0, 0.1) is 12.8 Å². The van der Waals surface area contributed by atoms with Gasteiger partial charge in [-0.25, -0.2) is 0 Å². The summed E-state index contributed by atoms with van der Waals surface area (Å²) in [6, 6.07) is 5.75. The highest BCUT2D eigenvalue weighted by molar-refractivity contribution is 9.10. The van der Waals surface area contributed by atoms with Gasteiger partial charge in [0.25, 0.3) is 5.91 Å². The van der Waals surface area contributed by atoms with Gasteiger partial charge in [-0.15, -0.1) is 0 Å². The van der Waals surface area contributed by atoms with E-state index in [2.05, 4.69) is 15.9 Å². The topological polar surface area (TPSA) is 29.5 Å². The molecule has 1 aromatic carbocycles. The molecule has 1 atom stereocenters. The maximum atomic E-state index is 12.3. The summed E-state index contributed by atoms with van der Waals surface area (Å²) in [6.45, 7) is 4.38. The van der Waals surface area contributed by atoms with Crippen molar-refractivity contribution in [3.05, 3.63) is 33.8 Å². The molecule has 1 saturated heterocycles. The molecule has 0 aromatic heterocycles. The number of carbonyl (C=O) groups is 1. The van der Waals surface area contributed by atoms with Gasteiger partial charge in [0.1, 0.15) is 0 Å². The van der Waals surface area contributed by atoms with Crippen molar-refractivity contribution in [3.63, 3.8) is 0 Å². The van der Waals surface area contributed by atoms with Crippen LogP contribution in [-0.4, -0.2) is 37.6 Å². The fourth-order valence-corrected chi connectivity index (χ4v) is 2.60. The summed E-state index contributed by atoms with van der Waals surface area (Å²) in [5.41, 5.74) is 1.86. The molecule has 1 aliphatic heterocycles. The zero-order chi connectivity index (χ0) is 13.1. The molecule has 98 valence electrons. The number of likely N-dealkylation sites (tertiary alicyclic amines) is 1. The lowest BCUT2D eigenvalue weighted by Crippen LogP contribution is -2.29. The fourth-order valence-electron chi connectivity index (χ4n) is 2.35. The number of rotatable bonds is 3. The molecule has 0 saturated carbocycles. The molecule has 0 aliphatic carbocycles. The molecular weight excluding hydrogens is 294 g/mol. The molecule has 0 N–H and O–H groups in total. The van der Waals surface area contributed by atoms with Crippen LogP contribution in [0.15, 0.2) is 22.7 Å². The highest BCUT2D eigenvalue weighted by Gasteiger charge is 2.26. The molecule has 1 aliphatic rings. The molecule has 1 amide bonds. The Morgan fingerprint density at radius 3 is 3.00 bits per heavy atom. The van der Waals surface area contributed by atoms with Crippen molar-refractivity contribution >= 4 is 21.8 Å². The lowest BCUT2D eigenvalue weighted by molar-refractivity contribution is 0.0775. The van der Waals surface area contributed by atoms with E-state index in [9.17, 15) is 4.79 Å². The first-order valence-corrected chi connectivity index (χ1v) is 6.95. The Morgan fingerprint density at radius 1 is 1.56 bits per heavy atom. The van der Waals surface area contributed by atoms with Crippen LogP contribution in [-0.2, 0) is 4.74 Å². The number of aryl methyl sites for hydroxylation is 1. The molecular formula is C14H18BrNO2. The van der Waals surface area contributed by atoms with Gasteiger partial charge in [0.15, 0.2) is 0 Å². The number of benzene rings is 1. The van der Waals surface area contributed by atoms with Crippen LogP contribution in [0.1, 0.15) is 22.3 Å². The second kappa shape index (κ2) is 5.85. The first-order valence-electron chi connectivity index (χ1n) is 6.16. The van der Waals surface area contributed by atoms with Gasteiger partial charge < -0.3 is 9.64 Å². The van der Waals surface area contributed by atoms with Gasteiger partial charge >= 0.3 is 0 Å². The smallest absolute Gasteiger partial charge is 0.253 e. The van der Waals surface area contributed by atoms with E-state index in [1.807, 2.05) is 30.0 Å². The molecule has 0 radical (unpaired) electrons. The van der Waals surface area contributed by atoms with E-state index in [1.54, 1.807) is 7.11 Å². The molecule has 4 heteroatoms. The monoisotopic (exact) mass is 311 g/mol. The third-order valence-electron chi connectivity index (χ3n) is 3.38. The summed E-state index contributed by atoms with van der Waals surface area (Å²) in [6.07, 6.45) is 1.04. The summed E-state index contributed by atoms with van der Waals surface area (Å²) in [5, 5.41) is 0. The number of hydrogen-bond donors (Lipinski definition) is 0. The number of amides is 1. The summed E-state index contributed by atoms with van der Waals surface area (Å²) in [7, 11) is 1.71. The first-order chi connectivity index (χ1) is 8.61. The third kappa shape index (κ3) is 2.93. The fraction of sp³-hybridized carbons (Fsp3) is 0.500. The number of hydrogen-bond acceptors (Lipinski definition) is 2. The van der Waals surface area contributed by atoms with Crippen LogP contribution in [0.25, 0.3) is 0 Å². The van der Waals surface area contributed by atoms with Crippen molar-refractivity contribution in [1.29, 1.82) is 0 Å². The largest absolute Gasteiger partial charge is 0.384 e. The average molecular weight is 312 g/mol. The van der Waals surface area contributed by atoms with Crippen molar-refractivity contribution in [1.82, 2.24) is 4.90 Å². The summed E-state index contributed by atoms with van der Waals surface area (Å²) < 4.78 is 6.19. The minimum Gasteiger partial charge on any atom is -0.384 e. The molecule has 1 unspecified atom stereocenters. The van der Waals surface area contributed by atoms with E-state index < -0.39 is 0 Å². The summed E-state index contributed by atoms with van der Waals surface area (Å²) in [4.78, 5) is 14.3. The lowest BCUT2D eigenvalue weighted by Gasteiger charge is -2.17. The van der Waals surface area contributed by atoms with E-state index in [-0.39, 0.29) is 5.91 Å². The SMILES string of the molecule is COCC1CCN(C(=O)c2ccc(Br)c(C)c2)C1. The van der Waals surface area contributed by atoms with E-state index >= 15 is 0 Å². The summed E-state index contributed by atoms with van der Waals surface area (Å²) >= 11 is 3.45. The van der Waals surface area contributed by atoms with Crippen molar-refractivity contribution in [3.8, 4) is 0 Å². The highest BCUT2D eigenvalue weighted by Crippen LogP contribution is 2.22. The van der Waals surface area contributed by atoms with Crippen LogP contribution in [0.5, 0.6) is 0 Å². The molecule has 1 aromatic rings. The van der Waals surface area contributed by atoms with Crippen LogP contribution < -0.4 is 0 Å². The molecule has 18 heavy (non-hydrogen) atoms. The second-order valence-corrected chi connectivity index (χ2v) is 5.68. The normalized spacial score (nSPS) is 19.3. The van der Waals surface area contributed by atoms with E-state index in [1.165, 1.54) is 0 Å². The minimum atomic E-state index is 0.129. The van der Waals surface area contributed by atoms with Crippen molar-refractivity contribution < 1.29 is 9.53 Å². The van der Waals surface area contributed by atoms with Crippen LogP contribution in [0.3, 0.4) is 0 Å². The quantitative estimate of drug-likeness (QED) is 0.859. The van der Waals surface area contributed by atoms with Crippen LogP contribution >= 0.6 is 15.9 Å². The van der Waals surface area contributed by atoms with Crippen molar-refractivity contribution in [2.45, 2.75) is 13.3 Å². The van der Waals surface area contributed by atoms with Crippen molar-refractivity contribution in [2.75, 3.05) is 26.8 Å². The van der Waals surface area contributed by atoms with Gasteiger partial charge in [0.2, 0.25) is 0 Å². The van der Waals surface area contributed by atoms with Gasteiger partial charge in [-0.05, 0) is 37.1 Å². The Labute approximate surface area is 116 Å². The maximum absolute atomic E-state index is 12.3. The van der Waals surface area contributed by atoms with E-state index in [0.29, 0.717) is 5.92 Å². The summed E-state index contributed by atoms with van der Waals surface area (Å²) in [5.74, 6) is 0.611. The van der Waals surface area contributed by atoms with Crippen LogP contribution in [0.4, 0.5) is 0 Å². The lowest BCUT2D eigenvalue weighted by atomic mass is 10.1. The van der Waals surface area contributed by atoms with Gasteiger partial charge in [0.05, 0.1) is 6.61 Å². The Hall–Kier alpha value is -0.870. The maximum Gasteiger partial charge on any atom is 0.253 e. The van der Waals surface area contributed by atoms with E-state index in [0.717, 1.165) is 41.7 Å². The Morgan fingerprint density at radius 2 is 2.33 bits per heavy atom. The van der Waals surface area contributed by atoms with E-state index in [4.69, 9.17) is 4.74 Å². The molecule has 1 fully saturated rings. The van der Waals surface area contributed by atoms with Gasteiger partial charge in [-0.3, -0.25) is 4.79 Å². The third-order valence-corrected chi connectivity index (χ3v) is 4.27. The number of nitrogens with zero attached hydrogens (tertiary/aromatic N) is 1. The number of carbonyl (C=O) groups excluding carboxylic acids is 1. The predicted molar refractivity (Wildman–Crippen MR) is 74.8 cm³/mol. The number of halogens is 1. The zero-order valence-corrected chi connectivity index (χ0v) is 12.4. The Bertz CT molecular complexity index is 447. The number of ether oxygens (including phenoxy) is 1. The number of methoxy groups -OCH3 is 1. The first kappa shape index (κ1) is 13.6. The zero-order valence-electron chi connectivity index (χ0n) is 10.8. The Balaban J connectivity index is 2.05. The standard InChI is InChI=1S/C14H18BrNO2/c1-10-7-12(3-4-13(10)15)14(17)16-6-5-11(8-16)9-18-2/h3-4,7,11H,5-6,8-9H2,1-2H3. The predicted octanol–water partition coefficient (Wildman–Crippen LogP) is 2.87. The molecule has 3 nitrogen and oxygen atoms in total. The van der Waals surface area contributed by atoms with Gasteiger partial charge in [0, 0.05) is 36.2 Å². The van der Waals surface area contributed by atoms with Crippen LogP contribution in [0.2, 0.25) is 0 Å².